The Morgan fingerprint density at radius 3 is 2.32 bits per heavy atom. The van der Waals surface area contributed by atoms with Crippen LogP contribution in [0.4, 0.5) is 4.79 Å². The molecule has 1 unspecified atom stereocenters. The van der Waals surface area contributed by atoms with Crippen LogP contribution in [0.2, 0.25) is 0 Å². The Labute approximate surface area is 129 Å². The van der Waals surface area contributed by atoms with Crippen LogP contribution in [-0.2, 0) is 4.74 Å². The minimum atomic E-state index is -0.531. The fraction of sp³-hybridized carbons (Fsp3) is 0.714. The summed E-state index contributed by atoms with van der Waals surface area (Å²) in [5.41, 5.74) is -0.249. The quantitative estimate of drug-likeness (QED) is 0.843. The number of carbonyl (C=O) groups excluding carboxylic acids is 2. The summed E-state index contributed by atoms with van der Waals surface area (Å²) in [6.45, 7) is 10.2. The fourth-order valence-corrected chi connectivity index (χ4v) is 2.64. The smallest absolute Gasteiger partial charge is 0.410 e. The number of aromatic nitrogens is 3. The van der Waals surface area contributed by atoms with Gasteiger partial charge in [0, 0.05) is 25.2 Å². The van der Waals surface area contributed by atoms with Gasteiger partial charge in [-0.2, -0.15) is 15.4 Å². The summed E-state index contributed by atoms with van der Waals surface area (Å²) < 4.78 is 5.40. The first-order valence-electron chi connectivity index (χ1n) is 7.35. The van der Waals surface area contributed by atoms with Crippen LogP contribution in [0.3, 0.4) is 0 Å². The third-order valence-electron chi connectivity index (χ3n) is 3.44. The maximum absolute atomic E-state index is 12.5. The Morgan fingerprint density at radius 1 is 1.27 bits per heavy atom. The summed E-state index contributed by atoms with van der Waals surface area (Å²) in [5.74, 6) is -0.183. The summed E-state index contributed by atoms with van der Waals surface area (Å²) in [6.07, 6.45) is 1.06. The summed E-state index contributed by atoms with van der Waals surface area (Å²) in [7, 11) is 0. The van der Waals surface area contributed by atoms with E-state index in [1.807, 2.05) is 34.6 Å². The minimum Gasteiger partial charge on any atom is -0.444 e. The van der Waals surface area contributed by atoms with Crippen LogP contribution in [-0.4, -0.2) is 68.0 Å². The highest BCUT2D eigenvalue weighted by molar-refractivity contribution is 5.92. The first-order chi connectivity index (χ1) is 10.2. The first-order valence-corrected chi connectivity index (χ1v) is 7.35. The van der Waals surface area contributed by atoms with E-state index in [-0.39, 0.29) is 29.8 Å². The Bertz CT molecular complexity index is 525. The molecule has 0 spiro atoms. The molecule has 1 aromatic rings. The van der Waals surface area contributed by atoms with Crippen LogP contribution >= 0.6 is 0 Å². The van der Waals surface area contributed by atoms with Crippen molar-refractivity contribution in [2.75, 3.05) is 13.1 Å². The average Bonchev–Trinajstić information content (AvgIpc) is 2.89. The van der Waals surface area contributed by atoms with E-state index in [0.29, 0.717) is 13.1 Å². The molecule has 2 atom stereocenters. The molecule has 122 valence electrons. The molecule has 0 radical (unpaired) electrons. The zero-order chi connectivity index (χ0) is 16.5. The zero-order valence-corrected chi connectivity index (χ0v) is 13.7. The van der Waals surface area contributed by atoms with Gasteiger partial charge in [-0.1, -0.05) is 0 Å². The normalized spacial score (nSPS) is 22.6. The average molecular weight is 309 g/mol. The van der Waals surface area contributed by atoms with E-state index in [2.05, 4.69) is 15.4 Å². The molecular formula is C14H23N5O3. The van der Waals surface area contributed by atoms with E-state index in [1.54, 1.807) is 9.80 Å². The standard InChI is InChI=1S/C14H23N5O3/c1-9-7-18(13(21)22-14(3,4)5)8-10(2)19(9)12(20)11-6-15-17-16-11/h6,9-10H,7-8H2,1-5H3,(H,15,16,17)/t9-,10?/m1/s1. The summed E-state index contributed by atoms with van der Waals surface area (Å²) in [5, 5.41) is 9.93. The van der Waals surface area contributed by atoms with E-state index >= 15 is 0 Å². The number of amides is 2. The van der Waals surface area contributed by atoms with Gasteiger partial charge in [0.25, 0.3) is 5.91 Å². The molecule has 8 heteroatoms. The lowest BCUT2D eigenvalue weighted by Gasteiger charge is -2.44. The SMILES string of the molecule is CC1CN(C(=O)OC(C)(C)C)C[C@@H](C)N1C(=O)c1cn[nH]n1. The zero-order valence-electron chi connectivity index (χ0n) is 13.7. The van der Waals surface area contributed by atoms with Crippen molar-refractivity contribution in [2.45, 2.75) is 52.3 Å². The van der Waals surface area contributed by atoms with Crippen LogP contribution in [0, 0.1) is 0 Å². The van der Waals surface area contributed by atoms with Gasteiger partial charge in [0.1, 0.15) is 5.60 Å². The second kappa shape index (κ2) is 5.94. The maximum atomic E-state index is 12.5. The van der Waals surface area contributed by atoms with Gasteiger partial charge in [0.15, 0.2) is 5.69 Å². The first kappa shape index (κ1) is 16.3. The van der Waals surface area contributed by atoms with Crippen molar-refractivity contribution in [3.8, 4) is 0 Å². The third-order valence-corrected chi connectivity index (χ3v) is 3.44. The highest BCUT2D eigenvalue weighted by atomic mass is 16.6. The number of ether oxygens (including phenoxy) is 1. The second-order valence-electron chi connectivity index (χ2n) is 6.65. The van der Waals surface area contributed by atoms with Gasteiger partial charge in [-0.25, -0.2) is 4.79 Å². The lowest BCUT2D eigenvalue weighted by atomic mass is 10.1. The number of rotatable bonds is 1. The van der Waals surface area contributed by atoms with Gasteiger partial charge in [0.05, 0.1) is 6.20 Å². The van der Waals surface area contributed by atoms with Crippen LogP contribution in [0.25, 0.3) is 0 Å². The molecule has 1 aliphatic rings. The van der Waals surface area contributed by atoms with Gasteiger partial charge in [-0.15, -0.1) is 0 Å². The number of piperazine rings is 1. The number of hydrogen-bond donors (Lipinski definition) is 1. The molecule has 2 rings (SSSR count). The Hall–Kier alpha value is -2.12. The molecule has 1 saturated heterocycles. The van der Waals surface area contributed by atoms with Crippen molar-refractivity contribution in [1.82, 2.24) is 25.2 Å². The van der Waals surface area contributed by atoms with Crippen molar-refractivity contribution in [3.05, 3.63) is 11.9 Å². The summed E-state index contributed by atoms with van der Waals surface area (Å²) in [4.78, 5) is 28.0. The monoisotopic (exact) mass is 309 g/mol. The van der Waals surface area contributed by atoms with E-state index < -0.39 is 5.60 Å². The Morgan fingerprint density at radius 2 is 1.86 bits per heavy atom. The van der Waals surface area contributed by atoms with Gasteiger partial charge in [-0.3, -0.25) is 4.79 Å². The largest absolute Gasteiger partial charge is 0.444 e. The number of carbonyl (C=O) groups is 2. The van der Waals surface area contributed by atoms with Crippen molar-refractivity contribution in [2.24, 2.45) is 0 Å². The minimum absolute atomic E-state index is 0.125. The van der Waals surface area contributed by atoms with E-state index in [0.717, 1.165) is 0 Å². The molecule has 2 heterocycles. The molecule has 8 nitrogen and oxygen atoms in total. The molecule has 1 N–H and O–H groups in total. The molecule has 0 bridgehead atoms. The van der Waals surface area contributed by atoms with Gasteiger partial charge in [0.2, 0.25) is 0 Å². The molecule has 1 aromatic heterocycles. The number of nitrogens with one attached hydrogen (secondary N) is 1. The fourth-order valence-electron chi connectivity index (χ4n) is 2.64. The second-order valence-corrected chi connectivity index (χ2v) is 6.65. The molecule has 22 heavy (non-hydrogen) atoms. The van der Waals surface area contributed by atoms with Crippen LogP contribution in [0.15, 0.2) is 6.20 Å². The van der Waals surface area contributed by atoms with E-state index in [4.69, 9.17) is 4.74 Å². The molecule has 1 fully saturated rings. The number of H-pyrrole nitrogens is 1. The topological polar surface area (TPSA) is 91.4 Å². The molecule has 0 saturated carbocycles. The number of aromatic amines is 1. The van der Waals surface area contributed by atoms with Crippen molar-refractivity contribution >= 4 is 12.0 Å². The Kier molecular flexibility index (Phi) is 4.39. The lowest BCUT2D eigenvalue weighted by molar-refractivity contribution is -0.00504. The predicted octanol–water partition coefficient (Wildman–Crippen LogP) is 1.27. The molecule has 0 aromatic carbocycles. The van der Waals surface area contributed by atoms with Gasteiger partial charge in [-0.05, 0) is 34.6 Å². The predicted molar refractivity (Wildman–Crippen MR) is 79.3 cm³/mol. The maximum Gasteiger partial charge on any atom is 0.410 e. The van der Waals surface area contributed by atoms with Gasteiger partial charge < -0.3 is 14.5 Å². The summed E-state index contributed by atoms with van der Waals surface area (Å²) >= 11 is 0. The third kappa shape index (κ3) is 3.55. The Balaban J connectivity index is 2.06. The molecule has 2 amide bonds. The summed E-state index contributed by atoms with van der Waals surface area (Å²) in [6, 6.07) is -0.249. The molecule has 0 aliphatic carbocycles. The van der Waals surface area contributed by atoms with Crippen LogP contribution in [0.1, 0.15) is 45.1 Å². The van der Waals surface area contributed by atoms with E-state index in [1.165, 1.54) is 6.20 Å². The van der Waals surface area contributed by atoms with Crippen molar-refractivity contribution in [1.29, 1.82) is 0 Å². The van der Waals surface area contributed by atoms with E-state index in [9.17, 15) is 9.59 Å². The van der Waals surface area contributed by atoms with Crippen molar-refractivity contribution in [3.63, 3.8) is 0 Å². The van der Waals surface area contributed by atoms with Gasteiger partial charge >= 0.3 is 6.09 Å². The molecule has 1 aliphatic heterocycles. The highest BCUT2D eigenvalue weighted by Gasteiger charge is 2.37. The van der Waals surface area contributed by atoms with Crippen LogP contribution < -0.4 is 0 Å². The number of nitrogens with zero attached hydrogens (tertiary/aromatic N) is 4. The molecular weight excluding hydrogens is 286 g/mol. The highest BCUT2D eigenvalue weighted by Crippen LogP contribution is 2.20. The lowest BCUT2D eigenvalue weighted by Crippen LogP contribution is -2.60. The van der Waals surface area contributed by atoms with Crippen molar-refractivity contribution < 1.29 is 14.3 Å². The number of hydrogen-bond acceptors (Lipinski definition) is 5. The van der Waals surface area contributed by atoms with Crippen LogP contribution in [0.5, 0.6) is 0 Å².